The highest BCUT2D eigenvalue weighted by Crippen LogP contribution is 2.28. The van der Waals surface area contributed by atoms with Crippen LogP contribution in [0.2, 0.25) is 0 Å². The van der Waals surface area contributed by atoms with Gasteiger partial charge in [-0.05, 0) is 35.4 Å². The van der Waals surface area contributed by atoms with Crippen molar-refractivity contribution in [3.63, 3.8) is 0 Å². The molecule has 4 rings (SSSR count). The fraction of sp³-hybridized carbons (Fsp3) is 0.0870. The lowest BCUT2D eigenvalue weighted by molar-refractivity contribution is 0.102. The highest BCUT2D eigenvalue weighted by atomic mass is 16.5. The molecule has 6 heteroatoms. The SMILES string of the molecule is Cn1cc(-c2ccc(C(=O)Nc3cccnc3)c(OCc3ccccc3)c2)cn1. The number of carbonyl (C=O) groups is 1. The maximum Gasteiger partial charge on any atom is 0.259 e. The summed E-state index contributed by atoms with van der Waals surface area (Å²) < 4.78 is 7.79. The summed E-state index contributed by atoms with van der Waals surface area (Å²) in [7, 11) is 1.87. The van der Waals surface area contributed by atoms with Crippen LogP contribution in [-0.4, -0.2) is 20.7 Å². The molecule has 0 saturated carbocycles. The Bertz CT molecular complexity index is 1110. The zero-order valence-electron chi connectivity index (χ0n) is 15.9. The van der Waals surface area contributed by atoms with Gasteiger partial charge < -0.3 is 10.1 Å². The number of aryl methyl sites for hydroxylation is 1. The van der Waals surface area contributed by atoms with Crippen LogP contribution in [0.5, 0.6) is 5.75 Å². The number of benzene rings is 2. The number of ether oxygens (including phenoxy) is 1. The van der Waals surface area contributed by atoms with Gasteiger partial charge in [0, 0.05) is 25.0 Å². The van der Waals surface area contributed by atoms with E-state index in [9.17, 15) is 4.79 Å². The predicted octanol–water partition coefficient (Wildman–Crippen LogP) is 4.31. The van der Waals surface area contributed by atoms with E-state index in [1.165, 1.54) is 0 Å². The van der Waals surface area contributed by atoms with Crippen LogP contribution in [0.15, 0.2) is 85.5 Å². The van der Waals surface area contributed by atoms with Crippen LogP contribution in [0.1, 0.15) is 15.9 Å². The molecule has 0 aliphatic rings. The quantitative estimate of drug-likeness (QED) is 0.538. The Morgan fingerprint density at radius 2 is 1.90 bits per heavy atom. The van der Waals surface area contributed by atoms with E-state index in [0.29, 0.717) is 23.6 Å². The molecule has 0 fully saturated rings. The van der Waals surface area contributed by atoms with Gasteiger partial charge in [-0.1, -0.05) is 36.4 Å². The van der Waals surface area contributed by atoms with E-state index in [0.717, 1.165) is 16.7 Å². The van der Waals surface area contributed by atoms with Crippen molar-refractivity contribution in [2.75, 3.05) is 5.32 Å². The van der Waals surface area contributed by atoms with E-state index in [1.54, 1.807) is 41.5 Å². The van der Waals surface area contributed by atoms with Crippen LogP contribution in [0.3, 0.4) is 0 Å². The molecule has 0 unspecified atom stereocenters. The molecule has 0 atom stereocenters. The number of pyridine rings is 1. The second-order valence-electron chi connectivity index (χ2n) is 6.58. The van der Waals surface area contributed by atoms with Crippen molar-refractivity contribution in [2.24, 2.45) is 7.05 Å². The second-order valence-corrected chi connectivity index (χ2v) is 6.58. The monoisotopic (exact) mass is 384 g/mol. The number of amides is 1. The highest BCUT2D eigenvalue weighted by Gasteiger charge is 2.15. The summed E-state index contributed by atoms with van der Waals surface area (Å²) in [5.74, 6) is 0.260. The second kappa shape index (κ2) is 8.39. The molecule has 2 aromatic heterocycles. The van der Waals surface area contributed by atoms with Gasteiger partial charge in [0.2, 0.25) is 0 Å². The summed E-state index contributed by atoms with van der Waals surface area (Å²) in [6.07, 6.45) is 6.97. The predicted molar refractivity (Wildman–Crippen MR) is 112 cm³/mol. The first-order valence-electron chi connectivity index (χ1n) is 9.20. The lowest BCUT2D eigenvalue weighted by Crippen LogP contribution is -2.14. The third-order valence-corrected chi connectivity index (χ3v) is 4.42. The van der Waals surface area contributed by atoms with Crippen LogP contribution >= 0.6 is 0 Å². The number of hydrogen-bond acceptors (Lipinski definition) is 4. The molecule has 144 valence electrons. The summed E-state index contributed by atoms with van der Waals surface area (Å²) in [6, 6.07) is 19.0. The number of rotatable bonds is 6. The van der Waals surface area contributed by atoms with Crippen molar-refractivity contribution in [3.05, 3.63) is 96.6 Å². The van der Waals surface area contributed by atoms with Crippen molar-refractivity contribution in [1.82, 2.24) is 14.8 Å². The fourth-order valence-electron chi connectivity index (χ4n) is 2.95. The van der Waals surface area contributed by atoms with Gasteiger partial charge in [-0.25, -0.2) is 0 Å². The summed E-state index contributed by atoms with van der Waals surface area (Å²) in [4.78, 5) is 16.9. The summed E-state index contributed by atoms with van der Waals surface area (Å²) in [6.45, 7) is 0.366. The first kappa shape index (κ1) is 18.4. The van der Waals surface area contributed by atoms with Gasteiger partial charge in [0.25, 0.3) is 5.91 Å². The van der Waals surface area contributed by atoms with Crippen LogP contribution in [0.4, 0.5) is 5.69 Å². The zero-order chi connectivity index (χ0) is 20.1. The van der Waals surface area contributed by atoms with Gasteiger partial charge in [0.1, 0.15) is 12.4 Å². The summed E-state index contributed by atoms with van der Waals surface area (Å²) >= 11 is 0. The van der Waals surface area contributed by atoms with Crippen molar-refractivity contribution < 1.29 is 9.53 Å². The molecule has 0 saturated heterocycles. The minimum Gasteiger partial charge on any atom is -0.488 e. The number of nitrogens with zero attached hydrogens (tertiary/aromatic N) is 3. The van der Waals surface area contributed by atoms with E-state index in [4.69, 9.17) is 4.74 Å². The van der Waals surface area contributed by atoms with Gasteiger partial charge in [0.05, 0.1) is 23.6 Å². The van der Waals surface area contributed by atoms with Crippen LogP contribution in [0, 0.1) is 0 Å². The Labute approximate surface area is 168 Å². The Balaban J connectivity index is 1.64. The van der Waals surface area contributed by atoms with Gasteiger partial charge in [-0.3, -0.25) is 14.5 Å². The fourth-order valence-corrected chi connectivity index (χ4v) is 2.95. The Morgan fingerprint density at radius 3 is 2.62 bits per heavy atom. The van der Waals surface area contributed by atoms with Crippen LogP contribution in [0.25, 0.3) is 11.1 Å². The van der Waals surface area contributed by atoms with Crippen molar-refractivity contribution in [2.45, 2.75) is 6.61 Å². The lowest BCUT2D eigenvalue weighted by Gasteiger charge is -2.13. The molecule has 0 bridgehead atoms. The minimum absolute atomic E-state index is 0.251. The molecular formula is C23H20N4O2. The van der Waals surface area contributed by atoms with Crippen LogP contribution < -0.4 is 10.1 Å². The number of hydrogen-bond donors (Lipinski definition) is 1. The lowest BCUT2D eigenvalue weighted by atomic mass is 10.1. The van der Waals surface area contributed by atoms with Crippen molar-refractivity contribution >= 4 is 11.6 Å². The smallest absolute Gasteiger partial charge is 0.259 e. The van der Waals surface area contributed by atoms with E-state index in [2.05, 4.69) is 15.4 Å². The molecular weight excluding hydrogens is 364 g/mol. The molecule has 6 nitrogen and oxygen atoms in total. The molecule has 2 aromatic carbocycles. The molecule has 1 amide bonds. The summed E-state index contributed by atoms with van der Waals surface area (Å²) in [5.41, 5.74) is 3.99. The molecule has 4 aromatic rings. The van der Waals surface area contributed by atoms with Crippen molar-refractivity contribution in [1.29, 1.82) is 0 Å². The third-order valence-electron chi connectivity index (χ3n) is 4.42. The Kier molecular flexibility index (Phi) is 5.33. The molecule has 1 N–H and O–H groups in total. The molecule has 29 heavy (non-hydrogen) atoms. The number of nitrogens with one attached hydrogen (secondary N) is 1. The average Bonchev–Trinajstić information content (AvgIpc) is 3.20. The maximum atomic E-state index is 12.9. The van der Waals surface area contributed by atoms with Gasteiger partial charge in [0.15, 0.2) is 0 Å². The number of carbonyl (C=O) groups excluding carboxylic acids is 1. The van der Waals surface area contributed by atoms with E-state index >= 15 is 0 Å². The molecule has 0 aliphatic carbocycles. The van der Waals surface area contributed by atoms with E-state index in [-0.39, 0.29) is 5.91 Å². The normalized spacial score (nSPS) is 10.5. The first-order chi connectivity index (χ1) is 14.2. The minimum atomic E-state index is -0.251. The first-order valence-corrected chi connectivity index (χ1v) is 9.20. The van der Waals surface area contributed by atoms with E-state index < -0.39 is 0 Å². The Morgan fingerprint density at radius 1 is 1.03 bits per heavy atom. The molecule has 0 aliphatic heterocycles. The highest BCUT2D eigenvalue weighted by molar-refractivity contribution is 6.06. The molecule has 0 radical (unpaired) electrons. The number of anilines is 1. The Hall–Kier alpha value is -3.93. The zero-order valence-corrected chi connectivity index (χ0v) is 15.9. The molecule has 0 spiro atoms. The topological polar surface area (TPSA) is 69.0 Å². The third kappa shape index (κ3) is 4.50. The average molecular weight is 384 g/mol. The van der Waals surface area contributed by atoms with Crippen LogP contribution in [-0.2, 0) is 13.7 Å². The summed E-state index contributed by atoms with van der Waals surface area (Å²) in [5, 5.41) is 7.08. The maximum absolute atomic E-state index is 12.9. The largest absolute Gasteiger partial charge is 0.488 e. The van der Waals surface area contributed by atoms with Gasteiger partial charge in [-0.15, -0.1) is 0 Å². The van der Waals surface area contributed by atoms with Gasteiger partial charge >= 0.3 is 0 Å². The van der Waals surface area contributed by atoms with Gasteiger partial charge in [-0.2, -0.15) is 5.10 Å². The molecule has 2 heterocycles. The van der Waals surface area contributed by atoms with E-state index in [1.807, 2.05) is 55.7 Å². The van der Waals surface area contributed by atoms with Crippen molar-refractivity contribution in [3.8, 4) is 16.9 Å². The standard InChI is InChI=1S/C23H20N4O2/c1-27-15-19(13-25-27)18-9-10-21(23(28)26-20-8-5-11-24-14-20)22(12-18)29-16-17-6-3-2-4-7-17/h2-15H,16H2,1H3,(H,26,28). The number of aromatic nitrogens is 3.